The van der Waals surface area contributed by atoms with Crippen molar-refractivity contribution in [2.75, 3.05) is 26.2 Å². The molecular formula is C18H27N3O5S. The highest BCUT2D eigenvalue weighted by molar-refractivity contribution is 7.89. The Labute approximate surface area is 160 Å². The molecule has 2 heterocycles. The topological polar surface area (TPSA) is 93.0 Å². The lowest BCUT2D eigenvalue weighted by Gasteiger charge is -2.38. The lowest BCUT2D eigenvalue weighted by Crippen LogP contribution is -2.50. The van der Waals surface area contributed by atoms with Gasteiger partial charge in [-0.2, -0.15) is 4.31 Å². The Morgan fingerprint density at radius 2 is 1.93 bits per heavy atom. The summed E-state index contributed by atoms with van der Waals surface area (Å²) in [6, 6.07) is 4.21. The van der Waals surface area contributed by atoms with E-state index < -0.39 is 14.9 Å². The molecule has 27 heavy (non-hydrogen) atoms. The van der Waals surface area contributed by atoms with Gasteiger partial charge in [0.1, 0.15) is 0 Å². The van der Waals surface area contributed by atoms with Crippen LogP contribution < -0.4 is 0 Å². The van der Waals surface area contributed by atoms with Gasteiger partial charge in [0.05, 0.1) is 17.1 Å². The molecule has 150 valence electrons. The molecule has 1 aromatic carbocycles. The van der Waals surface area contributed by atoms with Crippen molar-refractivity contribution in [1.82, 2.24) is 9.21 Å². The molecule has 0 aliphatic carbocycles. The summed E-state index contributed by atoms with van der Waals surface area (Å²) >= 11 is 0. The predicted octanol–water partition coefficient (Wildman–Crippen LogP) is 2.17. The van der Waals surface area contributed by atoms with E-state index in [0.29, 0.717) is 18.7 Å². The van der Waals surface area contributed by atoms with Crippen molar-refractivity contribution in [1.29, 1.82) is 0 Å². The van der Waals surface area contributed by atoms with Crippen molar-refractivity contribution >= 4 is 15.7 Å². The number of sulfonamides is 1. The lowest BCUT2D eigenvalue weighted by atomic mass is 10.1. The zero-order chi connectivity index (χ0) is 19.8. The van der Waals surface area contributed by atoms with Crippen molar-refractivity contribution in [3.05, 3.63) is 33.9 Å². The van der Waals surface area contributed by atoms with Crippen molar-refractivity contribution in [3.63, 3.8) is 0 Å². The Kier molecular flexibility index (Phi) is 5.85. The molecule has 8 nitrogen and oxygen atoms in total. The summed E-state index contributed by atoms with van der Waals surface area (Å²) < 4.78 is 33.9. The number of rotatable bonds is 5. The number of nitrogens with zero attached hydrogens (tertiary/aromatic N) is 3. The van der Waals surface area contributed by atoms with Gasteiger partial charge in [-0.15, -0.1) is 0 Å². The Bertz CT molecular complexity index is 803. The molecule has 0 radical (unpaired) electrons. The standard InChI is InChI=1S/C18H27N3O5S/c1-13-6-4-8-17(21(22)23)18(13)27(24,25)20-9-5-7-16(20)12-19-10-14(2)26-15(3)11-19/h4,6,8,14-16H,5,7,9-12H2,1-3H3. The van der Waals surface area contributed by atoms with Crippen LogP contribution in [0.5, 0.6) is 0 Å². The van der Waals surface area contributed by atoms with Gasteiger partial charge in [0.25, 0.3) is 5.69 Å². The summed E-state index contributed by atoms with van der Waals surface area (Å²) in [6.45, 7) is 8.19. The van der Waals surface area contributed by atoms with Crippen LogP contribution >= 0.6 is 0 Å². The summed E-state index contributed by atoms with van der Waals surface area (Å²) in [4.78, 5) is 12.9. The maximum absolute atomic E-state index is 13.3. The van der Waals surface area contributed by atoms with Gasteiger partial charge in [-0.05, 0) is 39.2 Å². The minimum absolute atomic E-state index is 0.109. The quantitative estimate of drug-likeness (QED) is 0.558. The third kappa shape index (κ3) is 4.16. The highest BCUT2D eigenvalue weighted by Gasteiger charge is 2.40. The van der Waals surface area contributed by atoms with Crippen molar-refractivity contribution in [2.45, 2.75) is 56.8 Å². The van der Waals surface area contributed by atoms with Crippen LogP contribution in [0.4, 0.5) is 5.69 Å². The fraction of sp³-hybridized carbons (Fsp3) is 0.667. The first-order valence-electron chi connectivity index (χ1n) is 9.34. The molecule has 0 amide bonds. The third-order valence-corrected chi connectivity index (χ3v) is 7.39. The Morgan fingerprint density at radius 3 is 2.56 bits per heavy atom. The van der Waals surface area contributed by atoms with Crippen LogP contribution in [-0.4, -0.2) is 67.0 Å². The Balaban J connectivity index is 1.87. The maximum atomic E-state index is 13.3. The van der Waals surface area contributed by atoms with E-state index in [1.54, 1.807) is 13.0 Å². The van der Waals surface area contributed by atoms with Gasteiger partial charge >= 0.3 is 0 Å². The van der Waals surface area contributed by atoms with E-state index in [1.165, 1.54) is 16.4 Å². The molecule has 2 fully saturated rings. The fourth-order valence-corrected chi connectivity index (χ4v) is 6.32. The van der Waals surface area contributed by atoms with Crippen LogP contribution in [-0.2, 0) is 14.8 Å². The van der Waals surface area contributed by atoms with Gasteiger partial charge in [0.15, 0.2) is 4.90 Å². The monoisotopic (exact) mass is 397 g/mol. The SMILES string of the molecule is Cc1cccc([N+](=O)[O-])c1S(=O)(=O)N1CCCC1CN1CC(C)OC(C)C1. The van der Waals surface area contributed by atoms with Crippen molar-refractivity contribution in [2.24, 2.45) is 0 Å². The predicted molar refractivity (Wildman–Crippen MR) is 101 cm³/mol. The Morgan fingerprint density at radius 1 is 1.26 bits per heavy atom. The molecule has 3 unspecified atom stereocenters. The van der Waals surface area contributed by atoms with E-state index in [-0.39, 0.29) is 28.8 Å². The molecule has 0 aromatic heterocycles. The zero-order valence-corrected chi connectivity index (χ0v) is 16.8. The average molecular weight is 397 g/mol. The van der Waals surface area contributed by atoms with Crippen molar-refractivity contribution < 1.29 is 18.1 Å². The molecule has 1 aromatic rings. The van der Waals surface area contributed by atoms with Crippen LogP contribution in [0, 0.1) is 17.0 Å². The van der Waals surface area contributed by atoms with E-state index in [1.807, 2.05) is 13.8 Å². The number of morpholine rings is 1. The largest absolute Gasteiger partial charge is 0.373 e. The maximum Gasteiger partial charge on any atom is 0.289 e. The summed E-state index contributed by atoms with van der Waals surface area (Å²) in [5.74, 6) is 0. The Hall–Kier alpha value is -1.55. The van der Waals surface area contributed by atoms with E-state index >= 15 is 0 Å². The molecule has 2 aliphatic heterocycles. The molecule has 2 saturated heterocycles. The average Bonchev–Trinajstić information content (AvgIpc) is 3.02. The van der Waals surface area contributed by atoms with Gasteiger partial charge in [0, 0.05) is 38.3 Å². The number of nitro groups is 1. The minimum atomic E-state index is -3.94. The van der Waals surface area contributed by atoms with E-state index in [2.05, 4.69) is 4.90 Å². The molecule has 3 rings (SSSR count). The molecule has 0 saturated carbocycles. The van der Waals surface area contributed by atoms with E-state index in [4.69, 9.17) is 4.74 Å². The van der Waals surface area contributed by atoms with Gasteiger partial charge in [-0.3, -0.25) is 15.0 Å². The first-order chi connectivity index (χ1) is 12.7. The summed E-state index contributed by atoms with van der Waals surface area (Å²) in [5, 5.41) is 11.4. The number of nitro benzene ring substituents is 1. The first-order valence-corrected chi connectivity index (χ1v) is 10.8. The van der Waals surface area contributed by atoms with Gasteiger partial charge in [-0.1, -0.05) is 12.1 Å². The molecule has 0 N–H and O–H groups in total. The van der Waals surface area contributed by atoms with E-state index in [9.17, 15) is 18.5 Å². The second-order valence-corrected chi connectivity index (χ2v) is 9.40. The zero-order valence-electron chi connectivity index (χ0n) is 16.0. The second-order valence-electron chi connectivity index (χ2n) is 7.57. The van der Waals surface area contributed by atoms with Gasteiger partial charge < -0.3 is 4.74 Å². The molecule has 9 heteroatoms. The number of ether oxygens (including phenoxy) is 1. The van der Waals surface area contributed by atoms with Gasteiger partial charge in [0.2, 0.25) is 10.0 Å². The van der Waals surface area contributed by atoms with Crippen molar-refractivity contribution in [3.8, 4) is 0 Å². The van der Waals surface area contributed by atoms with E-state index in [0.717, 1.165) is 25.9 Å². The third-order valence-electron chi connectivity index (χ3n) is 5.24. The number of benzene rings is 1. The second kappa shape index (κ2) is 7.83. The van der Waals surface area contributed by atoms with Crippen LogP contribution in [0.3, 0.4) is 0 Å². The lowest BCUT2D eigenvalue weighted by molar-refractivity contribution is -0.387. The number of hydrogen-bond donors (Lipinski definition) is 0. The summed E-state index contributed by atoms with van der Waals surface area (Å²) in [5.41, 5.74) is 0.0535. The highest BCUT2D eigenvalue weighted by Crippen LogP contribution is 2.34. The number of aryl methyl sites for hydroxylation is 1. The van der Waals surface area contributed by atoms with Crippen LogP contribution in [0.1, 0.15) is 32.3 Å². The summed E-state index contributed by atoms with van der Waals surface area (Å²) in [6.07, 6.45) is 1.74. The first kappa shape index (κ1) is 20.2. The molecule has 3 atom stereocenters. The molecule has 2 aliphatic rings. The highest BCUT2D eigenvalue weighted by atomic mass is 32.2. The fourth-order valence-electron chi connectivity index (χ4n) is 4.27. The minimum Gasteiger partial charge on any atom is -0.373 e. The molecule has 0 spiro atoms. The summed E-state index contributed by atoms with van der Waals surface area (Å²) in [7, 11) is -3.94. The smallest absolute Gasteiger partial charge is 0.289 e. The normalized spacial score (nSPS) is 27.7. The van der Waals surface area contributed by atoms with Gasteiger partial charge in [-0.25, -0.2) is 8.42 Å². The van der Waals surface area contributed by atoms with Crippen LogP contribution in [0.25, 0.3) is 0 Å². The van der Waals surface area contributed by atoms with Crippen LogP contribution in [0.2, 0.25) is 0 Å². The number of hydrogen-bond acceptors (Lipinski definition) is 6. The molecular weight excluding hydrogens is 370 g/mol. The molecule has 0 bridgehead atoms. The van der Waals surface area contributed by atoms with Crippen LogP contribution in [0.15, 0.2) is 23.1 Å².